The monoisotopic (exact) mass is 352 g/mol. The molecule has 7 nitrogen and oxygen atoms in total. The fourth-order valence-electron chi connectivity index (χ4n) is 2.76. The van der Waals surface area contributed by atoms with Crippen LogP contribution in [0.3, 0.4) is 0 Å². The van der Waals surface area contributed by atoms with E-state index in [1.807, 2.05) is 0 Å². The molecule has 128 valence electrons. The molecule has 0 aliphatic carbocycles. The van der Waals surface area contributed by atoms with Crippen LogP contribution in [0.25, 0.3) is 0 Å². The van der Waals surface area contributed by atoms with Gasteiger partial charge in [-0.25, -0.2) is 12.8 Å². The smallest absolute Gasteiger partial charge is 0.243 e. The third kappa shape index (κ3) is 3.04. The first-order valence-corrected chi connectivity index (χ1v) is 8.84. The van der Waals surface area contributed by atoms with Gasteiger partial charge in [0.15, 0.2) is 0 Å². The van der Waals surface area contributed by atoms with E-state index in [2.05, 4.69) is 10.4 Å². The SMILES string of the molecule is CNC(=O)CC1CN(S(=O)(=O)c2ccc(F)cc2)Cc2ccnn21. The molecule has 3 rings (SSSR count). The highest BCUT2D eigenvalue weighted by Gasteiger charge is 2.34. The summed E-state index contributed by atoms with van der Waals surface area (Å²) in [5.74, 6) is -0.689. The lowest BCUT2D eigenvalue weighted by Gasteiger charge is -2.32. The van der Waals surface area contributed by atoms with Gasteiger partial charge in [-0.05, 0) is 30.3 Å². The van der Waals surface area contributed by atoms with Crippen LogP contribution in [0, 0.1) is 5.82 Å². The molecule has 9 heteroatoms. The predicted molar refractivity (Wildman–Crippen MR) is 83.9 cm³/mol. The normalized spacial score (nSPS) is 18.2. The van der Waals surface area contributed by atoms with Gasteiger partial charge in [-0.3, -0.25) is 9.48 Å². The molecule has 2 aromatic rings. The number of sulfonamides is 1. The number of amides is 1. The van der Waals surface area contributed by atoms with Crippen molar-refractivity contribution in [1.82, 2.24) is 19.4 Å². The van der Waals surface area contributed by atoms with Crippen molar-refractivity contribution >= 4 is 15.9 Å². The summed E-state index contributed by atoms with van der Waals surface area (Å²) in [6.07, 6.45) is 1.71. The van der Waals surface area contributed by atoms with Gasteiger partial charge in [0.2, 0.25) is 15.9 Å². The van der Waals surface area contributed by atoms with Crippen LogP contribution in [0.4, 0.5) is 4.39 Å². The van der Waals surface area contributed by atoms with Crippen molar-refractivity contribution in [1.29, 1.82) is 0 Å². The first-order chi connectivity index (χ1) is 11.4. The zero-order valence-electron chi connectivity index (χ0n) is 13.0. The molecule has 0 radical (unpaired) electrons. The van der Waals surface area contributed by atoms with Gasteiger partial charge < -0.3 is 5.32 Å². The molecule has 0 spiro atoms. The predicted octanol–water partition coefficient (Wildman–Crippen LogP) is 0.904. The summed E-state index contributed by atoms with van der Waals surface area (Å²) in [7, 11) is -2.25. The Balaban J connectivity index is 1.92. The van der Waals surface area contributed by atoms with Gasteiger partial charge in [0.1, 0.15) is 5.82 Å². The fraction of sp³-hybridized carbons (Fsp3) is 0.333. The van der Waals surface area contributed by atoms with Crippen molar-refractivity contribution in [2.75, 3.05) is 13.6 Å². The number of nitrogens with zero attached hydrogens (tertiary/aromatic N) is 3. The third-order valence-corrected chi connectivity index (χ3v) is 5.83. The van der Waals surface area contributed by atoms with E-state index in [0.29, 0.717) is 5.69 Å². The maximum Gasteiger partial charge on any atom is 0.243 e. The van der Waals surface area contributed by atoms with E-state index in [1.54, 1.807) is 16.9 Å². The lowest BCUT2D eigenvalue weighted by Crippen LogP contribution is -2.42. The fourth-order valence-corrected chi connectivity index (χ4v) is 4.21. The average Bonchev–Trinajstić information content (AvgIpc) is 3.04. The first-order valence-electron chi connectivity index (χ1n) is 7.40. The van der Waals surface area contributed by atoms with E-state index < -0.39 is 15.8 Å². The molecule has 1 aromatic carbocycles. The largest absolute Gasteiger partial charge is 0.359 e. The molecule has 2 heterocycles. The van der Waals surface area contributed by atoms with Crippen molar-refractivity contribution < 1.29 is 17.6 Å². The second-order valence-electron chi connectivity index (χ2n) is 5.55. The summed E-state index contributed by atoms with van der Waals surface area (Å²) < 4.78 is 41.6. The Bertz CT molecular complexity index is 848. The Morgan fingerprint density at radius 3 is 2.71 bits per heavy atom. The number of carbonyl (C=O) groups excluding carboxylic acids is 1. The molecule has 1 atom stereocenters. The topological polar surface area (TPSA) is 84.3 Å². The van der Waals surface area contributed by atoms with Crippen LogP contribution in [-0.2, 0) is 21.4 Å². The number of hydrogen-bond donors (Lipinski definition) is 1. The van der Waals surface area contributed by atoms with Gasteiger partial charge in [-0.1, -0.05) is 0 Å². The Morgan fingerprint density at radius 1 is 1.33 bits per heavy atom. The average molecular weight is 352 g/mol. The van der Waals surface area contributed by atoms with Crippen molar-refractivity contribution in [2.45, 2.75) is 23.9 Å². The number of hydrogen-bond acceptors (Lipinski definition) is 4. The van der Waals surface area contributed by atoms with Crippen LogP contribution in [0.1, 0.15) is 18.2 Å². The minimum Gasteiger partial charge on any atom is -0.359 e. The zero-order chi connectivity index (χ0) is 17.3. The van der Waals surface area contributed by atoms with Crippen LogP contribution in [0.2, 0.25) is 0 Å². The van der Waals surface area contributed by atoms with Crippen molar-refractivity contribution in [3.05, 3.63) is 48.0 Å². The second-order valence-corrected chi connectivity index (χ2v) is 7.49. The van der Waals surface area contributed by atoms with E-state index in [9.17, 15) is 17.6 Å². The summed E-state index contributed by atoms with van der Waals surface area (Å²) in [6.45, 7) is 0.283. The zero-order valence-corrected chi connectivity index (χ0v) is 13.8. The molecule has 0 fully saturated rings. The molecule has 1 amide bonds. The number of benzene rings is 1. The van der Waals surface area contributed by atoms with Crippen molar-refractivity contribution in [3.63, 3.8) is 0 Å². The Kier molecular flexibility index (Phi) is 4.37. The van der Waals surface area contributed by atoms with E-state index in [0.717, 1.165) is 12.1 Å². The summed E-state index contributed by atoms with van der Waals surface area (Å²) in [6, 6.07) is 6.04. The quantitative estimate of drug-likeness (QED) is 0.886. The van der Waals surface area contributed by atoms with Crippen LogP contribution < -0.4 is 5.32 Å². The van der Waals surface area contributed by atoms with E-state index in [1.165, 1.54) is 23.5 Å². The minimum absolute atomic E-state index is 0.0237. The van der Waals surface area contributed by atoms with Crippen LogP contribution >= 0.6 is 0 Å². The lowest BCUT2D eigenvalue weighted by atomic mass is 10.1. The van der Waals surface area contributed by atoms with E-state index in [4.69, 9.17) is 0 Å². The summed E-state index contributed by atoms with van der Waals surface area (Å²) in [4.78, 5) is 11.7. The minimum atomic E-state index is -3.78. The van der Waals surface area contributed by atoms with Crippen LogP contribution in [-0.4, -0.2) is 42.0 Å². The van der Waals surface area contributed by atoms with E-state index in [-0.39, 0.29) is 36.4 Å². The number of carbonyl (C=O) groups is 1. The Morgan fingerprint density at radius 2 is 2.04 bits per heavy atom. The number of halogens is 1. The standard InChI is InChI=1S/C15H17FN4O3S/c1-17-15(21)8-13-10-19(9-12-6-7-18-20(12)13)24(22,23)14-4-2-11(16)3-5-14/h2-7,13H,8-10H2,1H3,(H,17,21). The van der Waals surface area contributed by atoms with Crippen molar-refractivity contribution in [2.24, 2.45) is 0 Å². The highest BCUT2D eigenvalue weighted by Crippen LogP contribution is 2.28. The molecular weight excluding hydrogens is 335 g/mol. The summed E-state index contributed by atoms with van der Waals surface area (Å²) >= 11 is 0. The highest BCUT2D eigenvalue weighted by atomic mass is 32.2. The van der Waals surface area contributed by atoms with Gasteiger partial charge in [0.05, 0.1) is 29.6 Å². The van der Waals surface area contributed by atoms with Crippen LogP contribution in [0.5, 0.6) is 0 Å². The Hall–Kier alpha value is -2.26. The molecule has 1 aromatic heterocycles. The lowest BCUT2D eigenvalue weighted by molar-refractivity contribution is -0.121. The number of fused-ring (bicyclic) bond motifs is 1. The van der Waals surface area contributed by atoms with Gasteiger partial charge in [-0.2, -0.15) is 9.40 Å². The highest BCUT2D eigenvalue weighted by molar-refractivity contribution is 7.89. The van der Waals surface area contributed by atoms with Crippen LogP contribution in [0.15, 0.2) is 41.4 Å². The molecule has 0 saturated carbocycles. The molecule has 1 aliphatic heterocycles. The Labute approximate surface area is 139 Å². The maximum atomic E-state index is 13.1. The molecule has 1 N–H and O–H groups in total. The van der Waals surface area contributed by atoms with Gasteiger partial charge in [0, 0.05) is 19.8 Å². The first kappa shape index (κ1) is 16.6. The molecule has 24 heavy (non-hydrogen) atoms. The van der Waals surface area contributed by atoms with Gasteiger partial charge in [-0.15, -0.1) is 0 Å². The third-order valence-electron chi connectivity index (χ3n) is 4.00. The number of rotatable bonds is 4. The molecule has 1 unspecified atom stereocenters. The number of aromatic nitrogens is 2. The summed E-state index contributed by atoms with van der Waals surface area (Å²) in [5.41, 5.74) is 0.709. The number of nitrogens with one attached hydrogen (secondary N) is 1. The maximum absolute atomic E-state index is 13.1. The van der Waals surface area contributed by atoms with Crippen molar-refractivity contribution in [3.8, 4) is 0 Å². The second kappa shape index (κ2) is 6.33. The molecule has 1 aliphatic rings. The van der Waals surface area contributed by atoms with Gasteiger partial charge >= 0.3 is 0 Å². The van der Waals surface area contributed by atoms with Gasteiger partial charge in [0.25, 0.3) is 0 Å². The molecule has 0 saturated heterocycles. The molecular formula is C15H17FN4O3S. The summed E-state index contributed by atoms with van der Waals surface area (Å²) in [5, 5.41) is 6.73. The van der Waals surface area contributed by atoms with E-state index >= 15 is 0 Å². The molecule has 0 bridgehead atoms.